The second-order valence-corrected chi connectivity index (χ2v) is 3.99. The van der Waals surface area contributed by atoms with Crippen LogP contribution in [0.2, 0.25) is 0 Å². The van der Waals surface area contributed by atoms with Crippen molar-refractivity contribution in [2.75, 3.05) is 5.73 Å². The zero-order valence-corrected chi connectivity index (χ0v) is 11.0. The van der Waals surface area contributed by atoms with Gasteiger partial charge in [-0.1, -0.05) is 42.4 Å². The minimum absolute atomic E-state index is 0.0276. The number of nitrogens with zero attached hydrogens (tertiary/aromatic N) is 5. The second kappa shape index (κ2) is 6.41. The number of carbonyl (C=O) groups excluding carboxylic acids is 1. The maximum absolute atomic E-state index is 11.7. The molecule has 8 heteroatoms. The van der Waals surface area contributed by atoms with Gasteiger partial charge in [-0.2, -0.15) is 9.90 Å². The molecule has 0 saturated heterocycles. The maximum atomic E-state index is 11.7. The van der Waals surface area contributed by atoms with Crippen LogP contribution in [-0.4, -0.2) is 31.8 Å². The number of anilines is 1. The number of amides is 1. The van der Waals surface area contributed by atoms with E-state index >= 15 is 0 Å². The van der Waals surface area contributed by atoms with E-state index in [9.17, 15) is 4.79 Å². The van der Waals surface area contributed by atoms with Crippen molar-refractivity contribution in [3.05, 3.63) is 35.9 Å². The summed E-state index contributed by atoms with van der Waals surface area (Å²) in [5.74, 6) is -0.316. The third-order valence-corrected chi connectivity index (χ3v) is 2.51. The highest BCUT2D eigenvalue weighted by molar-refractivity contribution is 6.00. The zero-order chi connectivity index (χ0) is 14.4. The molecule has 3 N–H and O–H groups in total. The van der Waals surface area contributed by atoms with Crippen molar-refractivity contribution in [3.8, 4) is 0 Å². The number of benzene rings is 1. The van der Waals surface area contributed by atoms with Gasteiger partial charge in [-0.25, -0.2) is 5.43 Å². The Kier molecular flexibility index (Phi) is 4.38. The molecule has 0 saturated carbocycles. The number of hydrazone groups is 1. The summed E-state index contributed by atoms with van der Waals surface area (Å²) in [6.07, 6.45) is 0.707. The van der Waals surface area contributed by atoms with Gasteiger partial charge in [-0.05, 0) is 17.2 Å². The van der Waals surface area contributed by atoms with Crippen LogP contribution in [-0.2, 0) is 11.3 Å². The van der Waals surface area contributed by atoms with Gasteiger partial charge in [-0.15, -0.1) is 5.10 Å². The predicted molar refractivity (Wildman–Crippen MR) is 73.6 cm³/mol. The fourth-order valence-electron chi connectivity index (χ4n) is 1.59. The first kappa shape index (κ1) is 13.7. The first-order valence-electron chi connectivity index (χ1n) is 6.13. The highest BCUT2D eigenvalue weighted by Crippen LogP contribution is 2.03. The normalized spacial score (nSPS) is 11.3. The van der Waals surface area contributed by atoms with E-state index in [-0.39, 0.29) is 18.4 Å². The Balaban J connectivity index is 1.98. The number of aromatic nitrogens is 4. The van der Waals surface area contributed by atoms with Crippen molar-refractivity contribution in [2.45, 2.75) is 19.9 Å². The molecule has 0 fully saturated rings. The molecule has 0 spiro atoms. The number of nitrogens with two attached hydrogens (primary N) is 1. The monoisotopic (exact) mass is 273 g/mol. The van der Waals surface area contributed by atoms with E-state index in [1.165, 1.54) is 0 Å². The van der Waals surface area contributed by atoms with Crippen molar-refractivity contribution in [3.63, 3.8) is 0 Å². The van der Waals surface area contributed by atoms with Gasteiger partial charge in [0.15, 0.2) is 0 Å². The summed E-state index contributed by atoms with van der Waals surface area (Å²) in [6.45, 7) is 1.89. The summed E-state index contributed by atoms with van der Waals surface area (Å²) in [5, 5.41) is 14.9. The molecule has 1 amide bonds. The van der Waals surface area contributed by atoms with Crippen molar-refractivity contribution < 1.29 is 4.79 Å². The van der Waals surface area contributed by atoms with Crippen LogP contribution in [0.1, 0.15) is 18.9 Å². The molecule has 0 atom stereocenters. The number of hydrogen-bond acceptors (Lipinski definition) is 6. The molecule has 2 rings (SSSR count). The van der Waals surface area contributed by atoms with E-state index in [0.717, 1.165) is 16.1 Å². The molecule has 0 unspecified atom stereocenters. The summed E-state index contributed by atoms with van der Waals surface area (Å²) in [6, 6.07) is 9.65. The third-order valence-electron chi connectivity index (χ3n) is 2.51. The Hall–Kier alpha value is -2.77. The van der Waals surface area contributed by atoms with Crippen molar-refractivity contribution >= 4 is 17.6 Å². The van der Waals surface area contributed by atoms with Crippen molar-refractivity contribution in [2.24, 2.45) is 5.10 Å². The molecule has 1 aromatic heterocycles. The fraction of sp³-hybridized carbons (Fsp3) is 0.250. The van der Waals surface area contributed by atoms with Crippen LogP contribution in [0.15, 0.2) is 35.4 Å². The lowest BCUT2D eigenvalue weighted by molar-refractivity contribution is -0.122. The standard InChI is InChI=1S/C12H15N7O/c1-2-10(9-6-4-3-5-7-9)14-15-11(20)8-19-17-12(13)16-18-19/h3-7H,2,8H2,1H3,(H2,13,17)(H,15,20)/b14-10+. The van der Waals surface area contributed by atoms with Gasteiger partial charge in [-0.3, -0.25) is 4.79 Å². The second-order valence-electron chi connectivity index (χ2n) is 3.99. The van der Waals surface area contributed by atoms with Crippen LogP contribution in [0.5, 0.6) is 0 Å². The number of hydrogen-bond donors (Lipinski definition) is 2. The van der Waals surface area contributed by atoms with Crippen molar-refractivity contribution in [1.29, 1.82) is 0 Å². The average Bonchev–Trinajstić information content (AvgIpc) is 2.86. The fourth-order valence-corrected chi connectivity index (χ4v) is 1.59. The van der Waals surface area contributed by atoms with Gasteiger partial charge in [0.1, 0.15) is 6.54 Å². The van der Waals surface area contributed by atoms with E-state index in [1.807, 2.05) is 37.3 Å². The van der Waals surface area contributed by atoms with Crippen LogP contribution >= 0.6 is 0 Å². The summed E-state index contributed by atoms with van der Waals surface area (Å²) in [7, 11) is 0. The topological polar surface area (TPSA) is 111 Å². The Labute approximate surface area is 115 Å². The van der Waals surface area contributed by atoms with Crippen LogP contribution in [0.4, 0.5) is 5.95 Å². The smallest absolute Gasteiger partial charge is 0.263 e. The quantitative estimate of drug-likeness (QED) is 0.596. The minimum Gasteiger partial charge on any atom is -0.365 e. The summed E-state index contributed by atoms with van der Waals surface area (Å²) < 4.78 is 0. The molecule has 0 aliphatic rings. The number of nitrogens with one attached hydrogen (secondary N) is 1. The van der Waals surface area contributed by atoms with E-state index in [4.69, 9.17) is 5.73 Å². The number of nitrogen functional groups attached to an aromatic ring is 1. The highest BCUT2D eigenvalue weighted by atomic mass is 16.2. The zero-order valence-electron chi connectivity index (χ0n) is 11.0. The van der Waals surface area contributed by atoms with Gasteiger partial charge in [0, 0.05) is 0 Å². The molecule has 20 heavy (non-hydrogen) atoms. The van der Waals surface area contributed by atoms with Gasteiger partial charge in [0.2, 0.25) is 0 Å². The molecular formula is C12H15N7O. The summed E-state index contributed by atoms with van der Waals surface area (Å²) in [4.78, 5) is 12.8. The van der Waals surface area contributed by atoms with E-state index < -0.39 is 0 Å². The Morgan fingerprint density at radius 3 is 2.75 bits per heavy atom. The first-order chi connectivity index (χ1) is 9.69. The molecule has 104 valence electrons. The molecule has 0 aliphatic heterocycles. The SMILES string of the molecule is CC/C(=N\NC(=O)Cn1nnc(N)n1)c1ccccc1. The number of tetrazole rings is 1. The molecule has 0 bridgehead atoms. The molecule has 1 aromatic carbocycles. The molecule has 2 aromatic rings. The van der Waals surface area contributed by atoms with E-state index in [0.29, 0.717) is 6.42 Å². The van der Waals surface area contributed by atoms with Crippen LogP contribution in [0, 0.1) is 0 Å². The van der Waals surface area contributed by atoms with Gasteiger partial charge >= 0.3 is 0 Å². The summed E-state index contributed by atoms with van der Waals surface area (Å²) >= 11 is 0. The molecule has 1 heterocycles. The largest absolute Gasteiger partial charge is 0.365 e. The van der Waals surface area contributed by atoms with E-state index in [2.05, 4.69) is 25.9 Å². The predicted octanol–water partition coefficient (Wildman–Crippen LogP) is 0.186. The van der Waals surface area contributed by atoms with Gasteiger partial charge < -0.3 is 5.73 Å². The Bertz CT molecular complexity index is 605. The van der Waals surface area contributed by atoms with Crippen LogP contribution in [0.25, 0.3) is 0 Å². The molecule has 0 radical (unpaired) electrons. The molecule has 0 aliphatic carbocycles. The lowest BCUT2D eigenvalue weighted by atomic mass is 10.1. The average molecular weight is 273 g/mol. The van der Waals surface area contributed by atoms with Gasteiger partial charge in [0.05, 0.1) is 5.71 Å². The maximum Gasteiger partial charge on any atom is 0.263 e. The van der Waals surface area contributed by atoms with E-state index in [1.54, 1.807) is 0 Å². The Morgan fingerprint density at radius 2 is 2.15 bits per heavy atom. The first-order valence-corrected chi connectivity index (χ1v) is 6.13. The van der Waals surface area contributed by atoms with Gasteiger partial charge in [0.25, 0.3) is 11.9 Å². The minimum atomic E-state index is -0.343. The lowest BCUT2D eigenvalue weighted by Gasteiger charge is -2.04. The molecular weight excluding hydrogens is 258 g/mol. The summed E-state index contributed by atoms with van der Waals surface area (Å²) in [5.41, 5.74) is 9.55. The van der Waals surface area contributed by atoms with Crippen molar-refractivity contribution in [1.82, 2.24) is 25.6 Å². The third kappa shape index (κ3) is 3.61. The number of carbonyl (C=O) groups is 1. The Morgan fingerprint density at radius 1 is 1.40 bits per heavy atom. The lowest BCUT2D eigenvalue weighted by Crippen LogP contribution is -2.25. The highest BCUT2D eigenvalue weighted by Gasteiger charge is 2.06. The van der Waals surface area contributed by atoms with Crippen LogP contribution < -0.4 is 11.2 Å². The van der Waals surface area contributed by atoms with Crippen LogP contribution in [0.3, 0.4) is 0 Å². The molecule has 8 nitrogen and oxygen atoms in total. The number of rotatable bonds is 5.